The Balaban J connectivity index is 2.08. The van der Waals surface area contributed by atoms with Crippen LogP contribution in [0.1, 0.15) is 126 Å². The fourth-order valence-electron chi connectivity index (χ4n) is 4.46. The molecule has 1 rings (SSSR count). The number of rotatable bonds is 21. The SMILES string of the molecule is CCCCCCCCCCCCCCCCCCOC(=O)C(C#N)=CC=CC=Cc1ccc(N)c(C)c1C. The third-order valence-electron chi connectivity index (χ3n) is 7.20. The van der Waals surface area contributed by atoms with Crippen LogP contribution in [0.3, 0.4) is 0 Å². The molecule has 0 heterocycles. The number of carbonyl (C=O) groups excluding carboxylic acids is 1. The quantitative estimate of drug-likeness (QED) is 0.0437. The first kappa shape index (κ1) is 33.2. The van der Waals surface area contributed by atoms with Crippen molar-refractivity contribution in [1.82, 2.24) is 0 Å². The number of allylic oxidation sites excluding steroid dienone is 4. The number of nitrogen functional groups attached to an aromatic ring is 1. The molecule has 0 atom stereocenters. The Hall–Kier alpha value is -2.80. The molecule has 0 aliphatic heterocycles. The molecule has 0 radical (unpaired) electrons. The first-order chi connectivity index (χ1) is 18.5. The zero-order valence-electron chi connectivity index (χ0n) is 24.4. The highest BCUT2D eigenvalue weighted by molar-refractivity contribution is 5.93. The number of hydrogen-bond acceptors (Lipinski definition) is 4. The predicted octanol–water partition coefficient (Wildman–Crippen LogP) is 9.71. The van der Waals surface area contributed by atoms with Crippen molar-refractivity contribution in [3.8, 4) is 6.07 Å². The minimum Gasteiger partial charge on any atom is -0.462 e. The lowest BCUT2D eigenvalue weighted by Gasteiger charge is -2.07. The van der Waals surface area contributed by atoms with Crippen LogP contribution in [0, 0.1) is 25.2 Å². The van der Waals surface area contributed by atoms with Gasteiger partial charge in [-0.1, -0.05) is 134 Å². The fraction of sp³-hybridized carbons (Fsp3) is 0.588. The number of hydrogen-bond donors (Lipinski definition) is 1. The number of anilines is 1. The van der Waals surface area contributed by atoms with Crippen LogP contribution in [0.2, 0.25) is 0 Å². The molecule has 0 aliphatic carbocycles. The van der Waals surface area contributed by atoms with Crippen molar-refractivity contribution >= 4 is 17.7 Å². The topological polar surface area (TPSA) is 76.1 Å². The van der Waals surface area contributed by atoms with Crippen LogP contribution in [0.15, 0.2) is 42.0 Å². The Bertz CT molecular complexity index is 921. The number of benzene rings is 1. The fourth-order valence-corrected chi connectivity index (χ4v) is 4.46. The summed E-state index contributed by atoms with van der Waals surface area (Å²) in [6, 6.07) is 5.82. The number of carbonyl (C=O) groups is 1. The van der Waals surface area contributed by atoms with Gasteiger partial charge < -0.3 is 10.5 Å². The average molecular weight is 521 g/mol. The molecule has 0 saturated heterocycles. The van der Waals surface area contributed by atoms with E-state index in [9.17, 15) is 10.1 Å². The van der Waals surface area contributed by atoms with Gasteiger partial charge >= 0.3 is 5.97 Å². The molecule has 0 saturated carbocycles. The highest BCUT2D eigenvalue weighted by atomic mass is 16.5. The summed E-state index contributed by atoms with van der Waals surface area (Å²) in [6.07, 6.45) is 29.8. The van der Waals surface area contributed by atoms with E-state index in [1.165, 1.54) is 96.0 Å². The van der Waals surface area contributed by atoms with Gasteiger partial charge in [0.15, 0.2) is 0 Å². The van der Waals surface area contributed by atoms with Crippen LogP contribution in [0.25, 0.3) is 6.08 Å². The van der Waals surface area contributed by atoms with Crippen molar-refractivity contribution < 1.29 is 9.53 Å². The summed E-state index contributed by atoms with van der Waals surface area (Å²) in [6.45, 7) is 6.69. The normalized spacial score (nSPS) is 11.9. The summed E-state index contributed by atoms with van der Waals surface area (Å²) in [4.78, 5) is 12.2. The summed E-state index contributed by atoms with van der Waals surface area (Å²) in [5, 5.41) is 9.28. The second kappa shape index (κ2) is 22.2. The van der Waals surface area contributed by atoms with Crippen molar-refractivity contribution in [1.29, 1.82) is 5.26 Å². The number of ether oxygens (including phenoxy) is 1. The molecule has 38 heavy (non-hydrogen) atoms. The van der Waals surface area contributed by atoms with E-state index in [-0.39, 0.29) is 5.57 Å². The molecule has 2 N–H and O–H groups in total. The molecule has 0 spiro atoms. The van der Waals surface area contributed by atoms with Gasteiger partial charge in [-0.05, 0) is 49.1 Å². The van der Waals surface area contributed by atoms with Gasteiger partial charge in [-0.25, -0.2) is 4.79 Å². The lowest BCUT2D eigenvalue weighted by molar-refractivity contribution is -0.138. The Morgan fingerprint density at radius 2 is 1.32 bits per heavy atom. The van der Waals surface area contributed by atoms with Crippen LogP contribution in [-0.2, 0) is 9.53 Å². The third kappa shape index (κ3) is 15.5. The van der Waals surface area contributed by atoms with Crippen LogP contribution in [-0.4, -0.2) is 12.6 Å². The van der Waals surface area contributed by atoms with Gasteiger partial charge in [0.1, 0.15) is 11.6 Å². The molecule has 0 aromatic heterocycles. The maximum atomic E-state index is 12.2. The largest absolute Gasteiger partial charge is 0.462 e. The maximum Gasteiger partial charge on any atom is 0.348 e. The van der Waals surface area contributed by atoms with Crippen LogP contribution < -0.4 is 5.73 Å². The van der Waals surface area contributed by atoms with Gasteiger partial charge in [0.2, 0.25) is 0 Å². The summed E-state index contributed by atoms with van der Waals surface area (Å²) < 4.78 is 5.29. The monoisotopic (exact) mass is 520 g/mol. The van der Waals surface area contributed by atoms with Gasteiger partial charge in [0, 0.05) is 5.69 Å². The van der Waals surface area contributed by atoms with Gasteiger partial charge in [-0.2, -0.15) is 5.26 Å². The van der Waals surface area contributed by atoms with E-state index in [0.29, 0.717) is 6.61 Å². The third-order valence-corrected chi connectivity index (χ3v) is 7.20. The number of esters is 1. The molecular formula is C34H52N2O2. The minimum absolute atomic E-state index is 0.0191. The smallest absolute Gasteiger partial charge is 0.348 e. The van der Waals surface area contributed by atoms with E-state index >= 15 is 0 Å². The molecule has 0 unspecified atom stereocenters. The van der Waals surface area contributed by atoms with E-state index in [4.69, 9.17) is 10.5 Å². The molecule has 0 amide bonds. The average Bonchev–Trinajstić information content (AvgIpc) is 2.92. The van der Waals surface area contributed by atoms with E-state index in [1.54, 1.807) is 12.2 Å². The van der Waals surface area contributed by atoms with E-state index < -0.39 is 5.97 Å². The van der Waals surface area contributed by atoms with Gasteiger partial charge in [-0.15, -0.1) is 0 Å². The zero-order chi connectivity index (χ0) is 27.8. The van der Waals surface area contributed by atoms with E-state index in [1.807, 2.05) is 44.2 Å². The second-order valence-corrected chi connectivity index (χ2v) is 10.4. The van der Waals surface area contributed by atoms with Crippen molar-refractivity contribution in [2.24, 2.45) is 0 Å². The first-order valence-electron chi connectivity index (χ1n) is 15.0. The van der Waals surface area contributed by atoms with Crippen LogP contribution in [0.5, 0.6) is 0 Å². The van der Waals surface area contributed by atoms with Gasteiger partial charge in [0.05, 0.1) is 6.61 Å². The van der Waals surface area contributed by atoms with Gasteiger partial charge in [-0.3, -0.25) is 0 Å². The lowest BCUT2D eigenvalue weighted by atomic mass is 10.0. The molecule has 4 heteroatoms. The summed E-state index contributed by atoms with van der Waals surface area (Å²) >= 11 is 0. The molecule has 4 nitrogen and oxygen atoms in total. The van der Waals surface area contributed by atoms with Crippen molar-refractivity contribution in [2.45, 2.75) is 124 Å². The first-order valence-corrected chi connectivity index (χ1v) is 15.0. The zero-order valence-corrected chi connectivity index (χ0v) is 24.4. The molecule has 210 valence electrons. The van der Waals surface area contributed by atoms with Crippen LogP contribution >= 0.6 is 0 Å². The molecule has 1 aromatic carbocycles. The summed E-state index contributed by atoms with van der Waals surface area (Å²) in [7, 11) is 0. The predicted molar refractivity (Wildman–Crippen MR) is 163 cm³/mol. The molecule has 0 bridgehead atoms. The second-order valence-electron chi connectivity index (χ2n) is 10.4. The molecule has 0 fully saturated rings. The van der Waals surface area contributed by atoms with Crippen LogP contribution in [0.4, 0.5) is 5.69 Å². The Labute approximate surface area is 233 Å². The Morgan fingerprint density at radius 1 is 0.789 bits per heavy atom. The van der Waals surface area contributed by atoms with Crippen molar-refractivity contribution in [3.63, 3.8) is 0 Å². The number of nitriles is 1. The highest BCUT2D eigenvalue weighted by Crippen LogP contribution is 2.20. The van der Waals surface area contributed by atoms with Gasteiger partial charge in [0.25, 0.3) is 0 Å². The van der Waals surface area contributed by atoms with E-state index in [0.717, 1.165) is 35.2 Å². The number of unbranched alkanes of at least 4 members (excludes halogenated alkanes) is 15. The lowest BCUT2D eigenvalue weighted by Crippen LogP contribution is -2.07. The summed E-state index contributed by atoms with van der Waals surface area (Å²) in [5.41, 5.74) is 10.0. The summed E-state index contributed by atoms with van der Waals surface area (Å²) in [5.74, 6) is -0.549. The van der Waals surface area contributed by atoms with Crippen molar-refractivity contribution in [3.05, 3.63) is 58.7 Å². The molecule has 1 aromatic rings. The number of nitrogens with zero attached hydrogens (tertiary/aromatic N) is 1. The highest BCUT2D eigenvalue weighted by Gasteiger charge is 2.08. The Morgan fingerprint density at radius 3 is 1.84 bits per heavy atom. The van der Waals surface area contributed by atoms with E-state index in [2.05, 4.69) is 6.92 Å². The minimum atomic E-state index is -0.549. The maximum absolute atomic E-state index is 12.2. The van der Waals surface area contributed by atoms with Crippen molar-refractivity contribution in [2.75, 3.05) is 12.3 Å². The standard InChI is InChI=1S/C34H52N2O2/c1-4-5-6-7-8-9-10-11-12-13-14-15-16-17-18-22-27-38-34(37)32(28-35)24-21-19-20-23-31-25-26-33(36)30(3)29(31)2/h19-21,23-26H,4-18,22,27,36H2,1-3H3. The molecule has 0 aliphatic rings. The molecular weight excluding hydrogens is 468 g/mol. The number of nitrogens with two attached hydrogens (primary N) is 1. The Kier molecular flexibility index (Phi) is 19.4.